The second-order valence-electron chi connectivity index (χ2n) is 7.77. The quantitative estimate of drug-likeness (QED) is 0.509. The fourth-order valence-corrected chi connectivity index (χ4v) is 3.73. The molecule has 3 nitrogen and oxygen atoms in total. The van der Waals surface area contributed by atoms with E-state index in [-0.39, 0.29) is 0 Å². The highest BCUT2D eigenvalue weighted by Crippen LogP contribution is 2.31. The highest BCUT2D eigenvalue weighted by atomic mass is 19.4. The summed E-state index contributed by atoms with van der Waals surface area (Å²) in [7, 11) is 0. The van der Waals surface area contributed by atoms with Gasteiger partial charge in [-0.05, 0) is 60.4 Å². The van der Waals surface area contributed by atoms with Crippen LogP contribution >= 0.6 is 0 Å². The van der Waals surface area contributed by atoms with Crippen LogP contribution in [0.2, 0.25) is 0 Å². The van der Waals surface area contributed by atoms with Crippen LogP contribution in [0, 0.1) is 11.3 Å². The third-order valence-electron chi connectivity index (χ3n) is 5.40. The van der Waals surface area contributed by atoms with Gasteiger partial charge >= 0.3 is 6.18 Å². The van der Waals surface area contributed by atoms with E-state index >= 15 is 0 Å². The number of nitrogens with zero attached hydrogens (tertiary/aromatic N) is 3. The molecule has 0 saturated heterocycles. The van der Waals surface area contributed by atoms with Crippen molar-refractivity contribution in [3.05, 3.63) is 94.8 Å². The molecule has 6 heteroatoms. The normalized spacial score (nSPS) is 14.1. The van der Waals surface area contributed by atoms with Crippen LogP contribution in [0.5, 0.6) is 0 Å². The summed E-state index contributed by atoms with van der Waals surface area (Å²) in [5.41, 5.74) is 2.82. The lowest BCUT2D eigenvalue weighted by Gasteiger charge is -2.23. The number of alkyl halides is 3. The maximum Gasteiger partial charge on any atom is 0.416 e. The van der Waals surface area contributed by atoms with Crippen LogP contribution < -0.4 is 0 Å². The SMILES string of the molecule is N#Cc1cccc(CN(Cc2cccn2Cc2cccc(C(F)(F)F)c2)C2CC2)c1. The van der Waals surface area contributed by atoms with Gasteiger partial charge in [-0.25, -0.2) is 0 Å². The molecule has 0 amide bonds. The Labute approximate surface area is 174 Å². The minimum atomic E-state index is -4.34. The third kappa shape index (κ3) is 4.92. The summed E-state index contributed by atoms with van der Waals surface area (Å²) < 4.78 is 41.1. The number of aromatic nitrogens is 1. The molecule has 1 aromatic heterocycles. The highest BCUT2D eigenvalue weighted by Gasteiger charge is 2.31. The van der Waals surface area contributed by atoms with E-state index in [4.69, 9.17) is 5.26 Å². The summed E-state index contributed by atoms with van der Waals surface area (Å²) in [6.07, 6.45) is -0.133. The van der Waals surface area contributed by atoms with Crippen molar-refractivity contribution in [2.24, 2.45) is 0 Å². The van der Waals surface area contributed by atoms with Crippen LogP contribution in [0.1, 0.15) is 40.8 Å². The van der Waals surface area contributed by atoms with Crippen molar-refractivity contribution in [1.29, 1.82) is 5.26 Å². The molecule has 1 fully saturated rings. The Bertz CT molecular complexity index is 1060. The number of halogens is 3. The summed E-state index contributed by atoms with van der Waals surface area (Å²) in [4.78, 5) is 2.38. The molecule has 0 N–H and O–H groups in total. The minimum absolute atomic E-state index is 0.397. The second-order valence-corrected chi connectivity index (χ2v) is 7.77. The first kappa shape index (κ1) is 20.2. The van der Waals surface area contributed by atoms with Gasteiger partial charge in [0.05, 0.1) is 17.2 Å². The zero-order valence-electron chi connectivity index (χ0n) is 16.4. The molecule has 4 rings (SSSR count). The fourth-order valence-electron chi connectivity index (χ4n) is 3.73. The van der Waals surface area contributed by atoms with Crippen molar-refractivity contribution < 1.29 is 13.2 Å². The largest absolute Gasteiger partial charge is 0.416 e. The first-order valence-electron chi connectivity index (χ1n) is 9.95. The molecule has 1 saturated carbocycles. The van der Waals surface area contributed by atoms with E-state index in [0.29, 0.717) is 30.3 Å². The van der Waals surface area contributed by atoms with E-state index in [2.05, 4.69) is 11.0 Å². The Morgan fingerprint density at radius 2 is 1.73 bits per heavy atom. The number of hydrogen-bond acceptors (Lipinski definition) is 2. The Hall–Kier alpha value is -3.04. The van der Waals surface area contributed by atoms with Crippen molar-refractivity contribution in [3.8, 4) is 6.07 Å². The van der Waals surface area contributed by atoms with Crippen molar-refractivity contribution in [2.75, 3.05) is 0 Å². The Morgan fingerprint density at radius 1 is 0.967 bits per heavy atom. The van der Waals surface area contributed by atoms with Crippen LogP contribution in [0.25, 0.3) is 0 Å². The van der Waals surface area contributed by atoms with Gasteiger partial charge in [-0.3, -0.25) is 4.90 Å². The van der Waals surface area contributed by atoms with Gasteiger partial charge in [0.2, 0.25) is 0 Å². The third-order valence-corrected chi connectivity index (χ3v) is 5.40. The average Bonchev–Trinajstić information content (AvgIpc) is 3.49. The van der Waals surface area contributed by atoms with Crippen molar-refractivity contribution in [1.82, 2.24) is 9.47 Å². The molecule has 1 aliphatic carbocycles. The van der Waals surface area contributed by atoms with Gasteiger partial charge in [-0.1, -0.05) is 24.3 Å². The van der Waals surface area contributed by atoms with Crippen LogP contribution in [-0.2, 0) is 25.8 Å². The molecule has 154 valence electrons. The molecule has 0 unspecified atom stereocenters. The molecule has 0 atom stereocenters. The van der Waals surface area contributed by atoms with E-state index in [1.165, 1.54) is 12.1 Å². The van der Waals surface area contributed by atoms with Crippen molar-refractivity contribution >= 4 is 0 Å². The van der Waals surface area contributed by atoms with E-state index in [1.807, 2.05) is 41.1 Å². The van der Waals surface area contributed by atoms with Gasteiger partial charge < -0.3 is 4.57 Å². The molecule has 0 radical (unpaired) electrons. The number of benzene rings is 2. The maximum atomic E-state index is 13.0. The Kier molecular flexibility index (Phi) is 5.65. The molecule has 1 heterocycles. The molecule has 3 aromatic rings. The summed E-state index contributed by atoms with van der Waals surface area (Å²) in [6.45, 7) is 1.86. The summed E-state index contributed by atoms with van der Waals surface area (Å²) in [6, 6.07) is 19.8. The average molecular weight is 409 g/mol. The lowest BCUT2D eigenvalue weighted by atomic mass is 10.1. The van der Waals surface area contributed by atoms with E-state index < -0.39 is 11.7 Å². The standard InChI is InChI=1S/C24H22F3N3/c25-24(26,27)21-7-2-6-20(13-21)15-29-11-3-8-23(29)17-30(22-9-10-22)16-19-5-1-4-18(12-19)14-28/h1-8,11-13,22H,9-10,15-17H2. The van der Waals surface area contributed by atoms with Gasteiger partial charge in [0.25, 0.3) is 0 Å². The monoisotopic (exact) mass is 409 g/mol. The lowest BCUT2D eigenvalue weighted by Crippen LogP contribution is -2.26. The molecular weight excluding hydrogens is 387 g/mol. The molecule has 30 heavy (non-hydrogen) atoms. The molecular formula is C24H22F3N3. The molecule has 0 spiro atoms. The Morgan fingerprint density at radius 3 is 2.47 bits per heavy atom. The van der Waals surface area contributed by atoms with E-state index in [0.717, 1.165) is 36.7 Å². The highest BCUT2D eigenvalue weighted by molar-refractivity contribution is 5.33. The van der Waals surface area contributed by atoms with Crippen LogP contribution in [0.4, 0.5) is 13.2 Å². The van der Waals surface area contributed by atoms with Gasteiger partial charge in [0, 0.05) is 37.6 Å². The summed E-state index contributed by atoms with van der Waals surface area (Å²) in [5.74, 6) is 0. The fraction of sp³-hybridized carbons (Fsp3) is 0.292. The van der Waals surface area contributed by atoms with Crippen LogP contribution in [0.15, 0.2) is 66.9 Å². The Balaban J connectivity index is 1.50. The van der Waals surface area contributed by atoms with Gasteiger partial charge in [0.15, 0.2) is 0 Å². The van der Waals surface area contributed by atoms with E-state index in [9.17, 15) is 13.2 Å². The molecule has 0 bridgehead atoms. The molecule has 2 aromatic carbocycles. The second kappa shape index (κ2) is 8.37. The van der Waals surface area contributed by atoms with Gasteiger partial charge in [-0.15, -0.1) is 0 Å². The zero-order chi connectivity index (χ0) is 21.1. The van der Waals surface area contributed by atoms with Crippen LogP contribution in [-0.4, -0.2) is 15.5 Å². The number of rotatable bonds is 7. The number of nitriles is 1. The summed E-state index contributed by atoms with van der Waals surface area (Å²) in [5, 5.41) is 9.13. The minimum Gasteiger partial charge on any atom is -0.346 e. The first-order valence-corrected chi connectivity index (χ1v) is 9.95. The molecule has 0 aliphatic heterocycles. The molecule has 1 aliphatic rings. The lowest BCUT2D eigenvalue weighted by molar-refractivity contribution is -0.137. The van der Waals surface area contributed by atoms with Gasteiger partial charge in [-0.2, -0.15) is 18.4 Å². The zero-order valence-corrected chi connectivity index (χ0v) is 16.4. The van der Waals surface area contributed by atoms with Crippen molar-refractivity contribution in [2.45, 2.75) is 44.7 Å². The summed E-state index contributed by atoms with van der Waals surface area (Å²) >= 11 is 0. The maximum absolute atomic E-state index is 13.0. The predicted octanol–water partition coefficient (Wildman–Crippen LogP) is 5.59. The van der Waals surface area contributed by atoms with E-state index in [1.54, 1.807) is 12.1 Å². The van der Waals surface area contributed by atoms with Crippen molar-refractivity contribution in [3.63, 3.8) is 0 Å². The predicted molar refractivity (Wildman–Crippen MR) is 108 cm³/mol. The van der Waals surface area contributed by atoms with Crippen LogP contribution in [0.3, 0.4) is 0 Å². The van der Waals surface area contributed by atoms with Gasteiger partial charge in [0.1, 0.15) is 0 Å². The first-order chi connectivity index (χ1) is 14.4. The smallest absolute Gasteiger partial charge is 0.346 e. The number of hydrogen-bond donors (Lipinski definition) is 0. The topological polar surface area (TPSA) is 32.0 Å².